The van der Waals surface area contributed by atoms with E-state index in [-0.39, 0.29) is 5.25 Å². The fourth-order valence-corrected chi connectivity index (χ4v) is 2.63. The second kappa shape index (κ2) is 3.07. The molecule has 0 spiro atoms. The van der Waals surface area contributed by atoms with Crippen molar-refractivity contribution in [2.45, 2.75) is 23.5 Å². The first-order valence-electron chi connectivity index (χ1n) is 4.16. The van der Waals surface area contributed by atoms with Crippen LogP contribution in [0.3, 0.4) is 0 Å². The van der Waals surface area contributed by atoms with Gasteiger partial charge in [0.15, 0.2) is 0 Å². The number of thioether (sulfide) groups is 1. The predicted octanol–water partition coefficient (Wildman–Crippen LogP) is 2.10. The summed E-state index contributed by atoms with van der Waals surface area (Å²) in [5.74, 6) is -0.709. The van der Waals surface area contributed by atoms with Crippen LogP contribution in [0, 0.1) is 6.92 Å². The quantitative estimate of drug-likeness (QED) is 0.743. The maximum Gasteiger partial charge on any atom is 0.317 e. The molecule has 2 nitrogen and oxygen atoms in total. The number of hydrogen-bond donors (Lipinski definition) is 1. The summed E-state index contributed by atoms with van der Waals surface area (Å²) in [4.78, 5) is 11.9. The molecular weight excluding hydrogens is 184 g/mol. The van der Waals surface area contributed by atoms with Gasteiger partial charge in [0, 0.05) is 4.90 Å². The SMILES string of the molecule is Cc1ccc2c(c1)CC(C(=O)O)S2. The summed E-state index contributed by atoms with van der Waals surface area (Å²) in [6.07, 6.45) is 0.664. The zero-order chi connectivity index (χ0) is 9.42. The third-order valence-electron chi connectivity index (χ3n) is 2.17. The summed E-state index contributed by atoms with van der Waals surface area (Å²) in [5.41, 5.74) is 2.38. The molecule has 2 rings (SSSR count). The van der Waals surface area contributed by atoms with E-state index in [0.29, 0.717) is 6.42 Å². The lowest BCUT2D eigenvalue weighted by Gasteiger charge is -1.97. The Morgan fingerprint density at radius 2 is 2.38 bits per heavy atom. The Labute approximate surface area is 81.0 Å². The molecule has 0 bridgehead atoms. The Morgan fingerprint density at radius 1 is 1.62 bits per heavy atom. The topological polar surface area (TPSA) is 37.3 Å². The van der Waals surface area contributed by atoms with Gasteiger partial charge in [-0.1, -0.05) is 17.7 Å². The molecule has 1 heterocycles. The molecule has 1 aliphatic rings. The third kappa shape index (κ3) is 1.56. The summed E-state index contributed by atoms with van der Waals surface area (Å²) in [6.45, 7) is 2.03. The average molecular weight is 194 g/mol. The highest BCUT2D eigenvalue weighted by Crippen LogP contribution is 2.37. The Hall–Kier alpha value is -0.960. The van der Waals surface area contributed by atoms with E-state index in [1.54, 1.807) is 0 Å². The summed E-state index contributed by atoms with van der Waals surface area (Å²) in [7, 11) is 0. The highest BCUT2D eigenvalue weighted by Gasteiger charge is 2.27. The van der Waals surface area contributed by atoms with Crippen LogP contribution in [0.25, 0.3) is 0 Å². The number of rotatable bonds is 1. The number of carbonyl (C=O) groups is 1. The summed E-state index contributed by atoms with van der Waals surface area (Å²) in [5, 5.41) is 8.55. The Morgan fingerprint density at radius 3 is 3.08 bits per heavy atom. The van der Waals surface area contributed by atoms with Crippen LogP contribution in [0.4, 0.5) is 0 Å². The summed E-state index contributed by atoms with van der Waals surface area (Å²) >= 11 is 1.45. The number of hydrogen-bond acceptors (Lipinski definition) is 2. The number of fused-ring (bicyclic) bond motifs is 1. The van der Waals surface area contributed by atoms with Crippen LogP contribution in [0.1, 0.15) is 11.1 Å². The Balaban J connectivity index is 2.30. The first-order valence-corrected chi connectivity index (χ1v) is 5.04. The molecule has 1 unspecified atom stereocenters. The lowest BCUT2D eigenvalue weighted by Crippen LogP contribution is -2.14. The van der Waals surface area contributed by atoms with Crippen molar-refractivity contribution in [3.63, 3.8) is 0 Å². The molecule has 0 fully saturated rings. The van der Waals surface area contributed by atoms with E-state index in [2.05, 4.69) is 6.07 Å². The molecule has 0 aromatic heterocycles. The summed E-state index contributed by atoms with van der Waals surface area (Å²) in [6, 6.07) is 6.11. The predicted molar refractivity (Wildman–Crippen MR) is 52.2 cm³/mol. The standard InChI is InChI=1S/C10H10O2S/c1-6-2-3-8-7(4-6)5-9(13-8)10(11)12/h2-4,9H,5H2,1H3,(H,11,12). The van der Waals surface area contributed by atoms with Crippen LogP contribution < -0.4 is 0 Å². The van der Waals surface area contributed by atoms with E-state index in [0.717, 1.165) is 4.90 Å². The van der Waals surface area contributed by atoms with Crippen molar-refractivity contribution in [3.05, 3.63) is 29.3 Å². The van der Waals surface area contributed by atoms with Crippen LogP contribution in [0.2, 0.25) is 0 Å². The maximum absolute atomic E-state index is 10.7. The number of carboxylic acids is 1. The third-order valence-corrected chi connectivity index (χ3v) is 3.47. The fraction of sp³-hybridized carbons (Fsp3) is 0.300. The lowest BCUT2D eigenvalue weighted by atomic mass is 10.1. The molecular formula is C10H10O2S. The minimum Gasteiger partial charge on any atom is -0.480 e. The van der Waals surface area contributed by atoms with Crippen LogP contribution >= 0.6 is 11.8 Å². The van der Waals surface area contributed by atoms with Gasteiger partial charge in [0.1, 0.15) is 5.25 Å². The lowest BCUT2D eigenvalue weighted by molar-refractivity contribution is -0.136. The van der Waals surface area contributed by atoms with Crippen molar-refractivity contribution < 1.29 is 9.90 Å². The van der Waals surface area contributed by atoms with E-state index < -0.39 is 5.97 Å². The molecule has 68 valence electrons. The molecule has 1 N–H and O–H groups in total. The molecule has 0 saturated heterocycles. The van der Waals surface area contributed by atoms with Crippen molar-refractivity contribution in [1.82, 2.24) is 0 Å². The number of aryl methyl sites for hydroxylation is 1. The maximum atomic E-state index is 10.7. The molecule has 1 atom stereocenters. The fourth-order valence-electron chi connectivity index (χ4n) is 1.52. The molecule has 1 aliphatic heterocycles. The van der Waals surface area contributed by atoms with Crippen molar-refractivity contribution in [1.29, 1.82) is 0 Å². The summed E-state index contributed by atoms with van der Waals surface area (Å²) < 4.78 is 0. The van der Waals surface area contributed by atoms with Gasteiger partial charge in [0.05, 0.1) is 0 Å². The highest BCUT2D eigenvalue weighted by molar-refractivity contribution is 8.01. The minimum absolute atomic E-state index is 0.281. The number of aliphatic carboxylic acids is 1. The Kier molecular flexibility index (Phi) is 2.04. The van der Waals surface area contributed by atoms with Crippen molar-refractivity contribution in [2.75, 3.05) is 0 Å². The zero-order valence-electron chi connectivity index (χ0n) is 7.28. The molecule has 0 aliphatic carbocycles. The Bertz CT molecular complexity index is 360. The minimum atomic E-state index is -0.709. The first-order chi connectivity index (χ1) is 6.16. The largest absolute Gasteiger partial charge is 0.480 e. The van der Waals surface area contributed by atoms with Gasteiger partial charge in [0.25, 0.3) is 0 Å². The monoisotopic (exact) mass is 194 g/mol. The van der Waals surface area contributed by atoms with E-state index in [1.807, 2.05) is 19.1 Å². The van der Waals surface area contributed by atoms with Gasteiger partial charge in [-0.15, -0.1) is 11.8 Å². The van der Waals surface area contributed by atoms with Gasteiger partial charge in [-0.25, -0.2) is 0 Å². The smallest absolute Gasteiger partial charge is 0.317 e. The molecule has 0 radical (unpaired) electrons. The zero-order valence-corrected chi connectivity index (χ0v) is 8.10. The second-order valence-electron chi connectivity index (χ2n) is 3.26. The van der Waals surface area contributed by atoms with Crippen molar-refractivity contribution in [3.8, 4) is 0 Å². The molecule has 1 aromatic rings. The first kappa shape index (κ1) is 8.63. The molecule has 0 amide bonds. The van der Waals surface area contributed by atoms with Gasteiger partial charge in [-0.05, 0) is 25.0 Å². The van der Waals surface area contributed by atoms with Crippen molar-refractivity contribution in [2.24, 2.45) is 0 Å². The van der Waals surface area contributed by atoms with E-state index in [4.69, 9.17) is 5.11 Å². The molecule has 1 aromatic carbocycles. The molecule has 3 heteroatoms. The van der Waals surface area contributed by atoms with Crippen LogP contribution in [0.15, 0.2) is 23.1 Å². The second-order valence-corrected chi connectivity index (χ2v) is 4.50. The van der Waals surface area contributed by atoms with Gasteiger partial charge in [-0.3, -0.25) is 4.79 Å². The van der Waals surface area contributed by atoms with Gasteiger partial charge in [-0.2, -0.15) is 0 Å². The number of carboxylic acid groups (broad SMARTS) is 1. The van der Waals surface area contributed by atoms with E-state index in [9.17, 15) is 4.79 Å². The average Bonchev–Trinajstić information content (AvgIpc) is 2.46. The molecule has 0 saturated carbocycles. The molecule has 13 heavy (non-hydrogen) atoms. The normalized spacial score (nSPS) is 19.9. The van der Waals surface area contributed by atoms with Crippen LogP contribution in [-0.4, -0.2) is 16.3 Å². The van der Waals surface area contributed by atoms with Crippen molar-refractivity contribution >= 4 is 17.7 Å². The highest BCUT2D eigenvalue weighted by atomic mass is 32.2. The van der Waals surface area contributed by atoms with Crippen LogP contribution in [-0.2, 0) is 11.2 Å². The van der Waals surface area contributed by atoms with E-state index >= 15 is 0 Å². The van der Waals surface area contributed by atoms with Gasteiger partial charge in [0.2, 0.25) is 0 Å². The van der Waals surface area contributed by atoms with Gasteiger partial charge >= 0.3 is 5.97 Å². The number of benzene rings is 1. The van der Waals surface area contributed by atoms with Crippen LogP contribution in [0.5, 0.6) is 0 Å². The van der Waals surface area contributed by atoms with E-state index in [1.165, 1.54) is 22.9 Å². The van der Waals surface area contributed by atoms with Gasteiger partial charge < -0.3 is 5.11 Å².